The largest absolute Gasteiger partial charge is 0.368 e. The summed E-state index contributed by atoms with van der Waals surface area (Å²) in [4.78, 5) is 10.4. The van der Waals surface area contributed by atoms with Gasteiger partial charge < -0.3 is 5.73 Å². The quantitative estimate of drug-likeness (QED) is 0.830. The van der Waals surface area contributed by atoms with Crippen LogP contribution in [0, 0.1) is 0 Å². The molecule has 86 valence electrons. The molecule has 0 spiro atoms. The zero-order valence-electron chi connectivity index (χ0n) is 9.14. The number of halogens is 1. The summed E-state index contributed by atoms with van der Waals surface area (Å²) in [5.74, 6) is -0.573. The first-order valence-electron chi connectivity index (χ1n) is 5.25. The van der Waals surface area contributed by atoms with Crippen molar-refractivity contribution in [2.75, 3.05) is 0 Å². The fourth-order valence-corrected chi connectivity index (χ4v) is 2.04. The van der Waals surface area contributed by atoms with E-state index < -0.39 is 10.8 Å². The van der Waals surface area contributed by atoms with Crippen LogP contribution in [-0.4, -0.2) is 5.91 Å². The van der Waals surface area contributed by atoms with Crippen LogP contribution in [0.2, 0.25) is 0 Å². The van der Waals surface area contributed by atoms with Crippen molar-refractivity contribution < 1.29 is 4.79 Å². The monoisotopic (exact) mass is 245 g/mol. The first kappa shape index (κ1) is 11.7. The van der Waals surface area contributed by atoms with Gasteiger partial charge in [-0.1, -0.05) is 72.3 Å². The number of benzene rings is 2. The number of nitrogens with two attached hydrogens (primary N) is 1. The number of carbonyl (C=O) groups is 1. The Morgan fingerprint density at radius 2 is 1.24 bits per heavy atom. The third kappa shape index (κ3) is 2.04. The third-order valence-electron chi connectivity index (χ3n) is 2.68. The maximum atomic E-state index is 11.7. The van der Waals surface area contributed by atoms with Gasteiger partial charge in [0.05, 0.1) is 0 Å². The van der Waals surface area contributed by atoms with E-state index in [0.717, 1.165) is 0 Å². The lowest BCUT2D eigenvalue weighted by Gasteiger charge is -2.24. The van der Waals surface area contributed by atoms with Crippen LogP contribution in [0.5, 0.6) is 0 Å². The highest BCUT2D eigenvalue weighted by Gasteiger charge is 2.37. The number of amides is 1. The lowest BCUT2D eigenvalue weighted by atomic mass is 9.90. The van der Waals surface area contributed by atoms with Crippen LogP contribution < -0.4 is 5.73 Å². The molecule has 17 heavy (non-hydrogen) atoms. The molecular formula is C14H12ClNO. The Labute approximate surface area is 105 Å². The molecule has 0 radical (unpaired) electrons. The molecule has 0 atom stereocenters. The summed E-state index contributed by atoms with van der Waals surface area (Å²) < 4.78 is 0. The number of primary amides is 1. The number of rotatable bonds is 3. The molecule has 2 rings (SSSR count). The molecule has 1 amide bonds. The normalized spacial score (nSPS) is 11.1. The summed E-state index contributed by atoms with van der Waals surface area (Å²) in [6.07, 6.45) is 0. The van der Waals surface area contributed by atoms with Crippen molar-refractivity contribution in [1.29, 1.82) is 0 Å². The van der Waals surface area contributed by atoms with Gasteiger partial charge in [-0.05, 0) is 11.1 Å². The second-order valence-electron chi connectivity index (χ2n) is 3.75. The van der Waals surface area contributed by atoms with E-state index in [-0.39, 0.29) is 0 Å². The zero-order chi connectivity index (χ0) is 12.3. The standard InChI is InChI=1S/C14H12ClNO/c15-14(13(16)17,11-7-3-1-4-8-11)12-9-5-2-6-10-12/h1-10H,(H2,16,17). The fraction of sp³-hybridized carbons (Fsp3) is 0.0714. The summed E-state index contributed by atoms with van der Waals surface area (Å²) in [7, 11) is 0. The average Bonchev–Trinajstić information content (AvgIpc) is 2.39. The van der Waals surface area contributed by atoms with Gasteiger partial charge in [0.25, 0.3) is 0 Å². The van der Waals surface area contributed by atoms with Gasteiger partial charge in [0.2, 0.25) is 5.91 Å². The topological polar surface area (TPSA) is 43.1 Å². The van der Waals surface area contributed by atoms with Gasteiger partial charge in [-0.25, -0.2) is 0 Å². The van der Waals surface area contributed by atoms with Gasteiger partial charge >= 0.3 is 0 Å². The first-order valence-corrected chi connectivity index (χ1v) is 5.63. The molecule has 0 unspecified atom stereocenters. The molecule has 2 N–H and O–H groups in total. The summed E-state index contributed by atoms with van der Waals surface area (Å²) in [6.45, 7) is 0. The minimum Gasteiger partial charge on any atom is -0.368 e. The van der Waals surface area contributed by atoms with E-state index in [2.05, 4.69) is 0 Å². The second-order valence-corrected chi connectivity index (χ2v) is 4.32. The summed E-state index contributed by atoms with van der Waals surface area (Å²) in [5.41, 5.74) is 6.83. The smallest absolute Gasteiger partial charge is 0.247 e. The van der Waals surface area contributed by atoms with Gasteiger partial charge in [-0.3, -0.25) is 4.79 Å². The van der Waals surface area contributed by atoms with Crippen LogP contribution in [0.1, 0.15) is 11.1 Å². The van der Waals surface area contributed by atoms with E-state index >= 15 is 0 Å². The molecule has 0 fully saturated rings. The highest BCUT2D eigenvalue weighted by Crippen LogP contribution is 2.36. The van der Waals surface area contributed by atoms with Gasteiger partial charge in [0.1, 0.15) is 0 Å². The Bertz CT molecular complexity index is 471. The van der Waals surface area contributed by atoms with Gasteiger partial charge in [-0.2, -0.15) is 0 Å². The maximum absolute atomic E-state index is 11.7. The Morgan fingerprint density at radius 3 is 1.53 bits per heavy atom. The molecule has 0 aromatic heterocycles. The van der Waals surface area contributed by atoms with Crippen LogP contribution in [0.4, 0.5) is 0 Å². The van der Waals surface area contributed by atoms with E-state index in [1.807, 2.05) is 36.4 Å². The molecule has 2 aromatic carbocycles. The maximum Gasteiger partial charge on any atom is 0.247 e. The minimum atomic E-state index is -1.30. The third-order valence-corrected chi connectivity index (χ3v) is 3.31. The predicted octanol–water partition coefficient (Wildman–Crippen LogP) is 2.65. The van der Waals surface area contributed by atoms with Crippen molar-refractivity contribution in [3.8, 4) is 0 Å². The van der Waals surface area contributed by atoms with Crippen molar-refractivity contribution >= 4 is 17.5 Å². The Kier molecular flexibility index (Phi) is 3.16. The molecular weight excluding hydrogens is 234 g/mol. The predicted molar refractivity (Wildman–Crippen MR) is 68.7 cm³/mol. The van der Waals surface area contributed by atoms with Crippen molar-refractivity contribution in [1.82, 2.24) is 0 Å². The lowest BCUT2D eigenvalue weighted by molar-refractivity contribution is -0.119. The van der Waals surface area contributed by atoms with Crippen molar-refractivity contribution in [3.63, 3.8) is 0 Å². The van der Waals surface area contributed by atoms with E-state index in [0.29, 0.717) is 11.1 Å². The Morgan fingerprint density at radius 1 is 0.882 bits per heavy atom. The van der Waals surface area contributed by atoms with Crippen LogP contribution in [-0.2, 0) is 9.67 Å². The lowest BCUT2D eigenvalue weighted by Crippen LogP contribution is -2.37. The molecule has 2 aromatic rings. The second kappa shape index (κ2) is 4.60. The van der Waals surface area contributed by atoms with E-state index in [4.69, 9.17) is 17.3 Å². The Hall–Kier alpha value is -1.80. The van der Waals surface area contributed by atoms with Crippen molar-refractivity contribution in [2.45, 2.75) is 4.87 Å². The molecule has 0 heterocycles. The van der Waals surface area contributed by atoms with Crippen LogP contribution in [0.3, 0.4) is 0 Å². The minimum absolute atomic E-state index is 0.573. The molecule has 3 heteroatoms. The summed E-state index contributed by atoms with van der Waals surface area (Å²) in [5, 5.41) is 0. The molecule has 2 nitrogen and oxygen atoms in total. The van der Waals surface area contributed by atoms with Crippen LogP contribution in [0.25, 0.3) is 0 Å². The highest BCUT2D eigenvalue weighted by molar-refractivity contribution is 6.36. The van der Waals surface area contributed by atoms with Gasteiger partial charge in [0, 0.05) is 0 Å². The molecule has 0 saturated carbocycles. The molecule has 0 aliphatic heterocycles. The SMILES string of the molecule is NC(=O)C(Cl)(c1ccccc1)c1ccccc1. The average molecular weight is 246 g/mol. The number of hydrogen-bond acceptors (Lipinski definition) is 1. The van der Waals surface area contributed by atoms with Crippen molar-refractivity contribution in [3.05, 3.63) is 71.8 Å². The molecule has 0 bridgehead atoms. The van der Waals surface area contributed by atoms with Gasteiger partial charge in [-0.15, -0.1) is 0 Å². The first-order chi connectivity index (χ1) is 8.15. The van der Waals surface area contributed by atoms with E-state index in [1.54, 1.807) is 24.3 Å². The fourth-order valence-electron chi connectivity index (χ4n) is 1.79. The number of carbonyl (C=O) groups excluding carboxylic acids is 1. The van der Waals surface area contributed by atoms with Crippen molar-refractivity contribution in [2.24, 2.45) is 5.73 Å². The van der Waals surface area contributed by atoms with Crippen LogP contribution in [0.15, 0.2) is 60.7 Å². The summed E-state index contributed by atoms with van der Waals surface area (Å²) in [6, 6.07) is 18.2. The van der Waals surface area contributed by atoms with Gasteiger partial charge in [0.15, 0.2) is 4.87 Å². The number of hydrogen-bond donors (Lipinski definition) is 1. The van der Waals surface area contributed by atoms with E-state index in [9.17, 15) is 4.79 Å². The highest BCUT2D eigenvalue weighted by atomic mass is 35.5. The zero-order valence-corrected chi connectivity index (χ0v) is 9.89. The molecule has 0 aliphatic rings. The number of alkyl halides is 1. The summed E-state index contributed by atoms with van der Waals surface area (Å²) >= 11 is 6.45. The Balaban J connectivity index is 2.59. The van der Waals surface area contributed by atoms with E-state index in [1.165, 1.54) is 0 Å². The molecule has 0 saturated heterocycles. The molecule has 0 aliphatic carbocycles. The van der Waals surface area contributed by atoms with Crippen LogP contribution >= 0.6 is 11.6 Å².